The van der Waals surface area contributed by atoms with E-state index in [0.717, 1.165) is 31.4 Å². The second kappa shape index (κ2) is 8.92. The number of rotatable bonds is 7. The molecule has 1 heterocycles. The van der Waals surface area contributed by atoms with Gasteiger partial charge in [0, 0.05) is 50.3 Å². The Kier molecular flexibility index (Phi) is 6.84. The van der Waals surface area contributed by atoms with Crippen LogP contribution in [0.25, 0.3) is 0 Å². The van der Waals surface area contributed by atoms with Crippen LogP contribution in [0.4, 0.5) is 0 Å². The number of aliphatic imine (C=N–C) groups is 1. The topological polar surface area (TPSA) is 48.9 Å². The van der Waals surface area contributed by atoms with Crippen molar-refractivity contribution in [2.24, 2.45) is 16.3 Å². The molecule has 0 aromatic carbocycles. The predicted octanol–water partition coefficient (Wildman–Crippen LogP) is 3.01. The standard InChI is InChI=1S/C21H40N4O/c1-5-22-20(23-17-8-12-25(13-9-17)15-16(3)4)24-18-14-19(26-6-2)21(18)10-7-11-21/h16-19H,5-15H2,1-4H3,(H2,22,23,24). The van der Waals surface area contributed by atoms with Crippen LogP contribution in [0.2, 0.25) is 0 Å². The van der Waals surface area contributed by atoms with Gasteiger partial charge in [0.05, 0.1) is 6.10 Å². The Hall–Kier alpha value is -0.810. The Balaban J connectivity index is 1.49. The van der Waals surface area contributed by atoms with Gasteiger partial charge in [0.15, 0.2) is 5.96 Å². The number of hydrogen-bond acceptors (Lipinski definition) is 3. The van der Waals surface area contributed by atoms with Crippen molar-refractivity contribution in [2.75, 3.05) is 32.8 Å². The van der Waals surface area contributed by atoms with Crippen molar-refractivity contribution in [1.82, 2.24) is 15.5 Å². The number of nitrogens with zero attached hydrogens (tertiary/aromatic N) is 2. The fourth-order valence-corrected chi connectivity index (χ4v) is 5.07. The van der Waals surface area contributed by atoms with Gasteiger partial charge in [0.25, 0.3) is 0 Å². The molecule has 0 amide bonds. The summed E-state index contributed by atoms with van der Waals surface area (Å²) >= 11 is 0. The van der Waals surface area contributed by atoms with E-state index in [2.05, 4.69) is 43.2 Å². The maximum atomic E-state index is 5.99. The van der Waals surface area contributed by atoms with Gasteiger partial charge in [-0.05, 0) is 51.9 Å². The smallest absolute Gasteiger partial charge is 0.191 e. The molecule has 5 heteroatoms. The lowest BCUT2D eigenvalue weighted by Gasteiger charge is -2.61. The summed E-state index contributed by atoms with van der Waals surface area (Å²) in [4.78, 5) is 7.35. The van der Waals surface area contributed by atoms with E-state index in [4.69, 9.17) is 9.73 Å². The van der Waals surface area contributed by atoms with Gasteiger partial charge in [-0.2, -0.15) is 0 Å². The molecule has 3 rings (SSSR count). The third-order valence-electron chi connectivity index (χ3n) is 6.62. The average molecular weight is 365 g/mol. The first kappa shape index (κ1) is 19.9. The lowest BCUT2D eigenvalue weighted by Crippen LogP contribution is -2.69. The summed E-state index contributed by atoms with van der Waals surface area (Å²) in [6.07, 6.45) is 7.99. The normalized spacial score (nSPS) is 29.5. The van der Waals surface area contributed by atoms with Crippen molar-refractivity contribution < 1.29 is 4.74 Å². The molecule has 0 bridgehead atoms. The van der Waals surface area contributed by atoms with E-state index in [0.29, 0.717) is 23.6 Å². The van der Waals surface area contributed by atoms with Crippen LogP contribution in [0.5, 0.6) is 0 Å². The number of likely N-dealkylation sites (tertiary alicyclic amines) is 1. The van der Waals surface area contributed by atoms with E-state index in [9.17, 15) is 0 Å². The SMILES string of the molecule is CCN=C(NC1CCN(CC(C)C)CC1)NC1CC(OCC)C12CCC2. The van der Waals surface area contributed by atoms with Gasteiger partial charge in [-0.3, -0.25) is 4.99 Å². The number of guanidine groups is 1. The fraction of sp³-hybridized carbons (Fsp3) is 0.952. The number of nitrogens with one attached hydrogen (secondary N) is 2. The minimum atomic E-state index is 0.382. The highest BCUT2D eigenvalue weighted by Gasteiger charge is 2.59. The highest BCUT2D eigenvalue weighted by atomic mass is 16.5. The lowest BCUT2D eigenvalue weighted by atomic mass is 9.51. The molecular formula is C21H40N4O. The fourth-order valence-electron chi connectivity index (χ4n) is 5.07. The van der Waals surface area contributed by atoms with Crippen LogP contribution in [-0.2, 0) is 4.74 Å². The maximum absolute atomic E-state index is 5.99. The summed E-state index contributed by atoms with van der Waals surface area (Å²) in [5.41, 5.74) is 0.382. The second-order valence-corrected chi connectivity index (χ2v) is 8.90. The van der Waals surface area contributed by atoms with E-state index < -0.39 is 0 Å². The highest BCUT2D eigenvalue weighted by molar-refractivity contribution is 5.80. The van der Waals surface area contributed by atoms with Crippen LogP contribution in [0, 0.1) is 11.3 Å². The van der Waals surface area contributed by atoms with Crippen molar-refractivity contribution in [3.05, 3.63) is 0 Å². The summed E-state index contributed by atoms with van der Waals surface area (Å²) in [7, 11) is 0. The van der Waals surface area contributed by atoms with Gasteiger partial charge in [-0.1, -0.05) is 20.3 Å². The monoisotopic (exact) mass is 364 g/mol. The van der Waals surface area contributed by atoms with E-state index in [1.165, 1.54) is 51.7 Å². The molecule has 2 N–H and O–H groups in total. The summed E-state index contributed by atoms with van der Waals surface area (Å²) in [6.45, 7) is 14.2. The molecule has 3 aliphatic rings. The third-order valence-corrected chi connectivity index (χ3v) is 6.62. The van der Waals surface area contributed by atoms with E-state index in [1.807, 2.05) is 0 Å². The zero-order chi connectivity index (χ0) is 18.6. The molecule has 0 aromatic heterocycles. The molecule has 0 radical (unpaired) electrons. The van der Waals surface area contributed by atoms with Crippen LogP contribution in [-0.4, -0.2) is 61.8 Å². The molecule has 150 valence electrons. The maximum Gasteiger partial charge on any atom is 0.191 e. The minimum absolute atomic E-state index is 0.382. The molecule has 26 heavy (non-hydrogen) atoms. The van der Waals surface area contributed by atoms with Gasteiger partial charge < -0.3 is 20.3 Å². The van der Waals surface area contributed by atoms with Crippen molar-refractivity contribution in [2.45, 2.75) is 84.4 Å². The van der Waals surface area contributed by atoms with E-state index in [-0.39, 0.29) is 0 Å². The van der Waals surface area contributed by atoms with E-state index in [1.54, 1.807) is 0 Å². The minimum Gasteiger partial charge on any atom is -0.378 e. The molecule has 2 aliphatic carbocycles. The molecule has 1 spiro atoms. The first-order valence-electron chi connectivity index (χ1n) is 11.0. The van der Waals surface area contributed by atoms with Gasteiger partial charge in [-0.25, -0.2) is 0 Å². The van der Waals surface area contributed by atoms with Crippen molar-refractivity contribution in [3.8, 4) is 0 Å². The number of piperidine rings is 1. The van der Waals surface area contributed by atoms with E-state index >= 15 is 0 Å². The largest absolute Gasteiger partial charge is 0.378 e. The molecule has 3 fully saturated rings. The molecule has 2 saturated carbocycles. The van der Waals surface area contributed by atoms with Gasteiger partial charge in [0.2, 0.25) is 0 Å². The quantitative estimate of drug-likeness (QED) is 0.539. The van der Waals surface area contributed by atoms with Crippen molar-refractivity contribution in [1.29, 1.82) is 0 Å². The molecule has 2 atom stereocenters. The molecular weight excluding hydrogens is 324 g/mol. The molecule has 2 unspecified atom stereocenters. The Labute approximate surface area is 160 Å². The summed E-state index contributed by atoms with van der Waals surface area (Å²) in [6, 6.07) is 1.09. The lowest BCUT2D eigenvalue weighted by molar-refractivity contribution is -0.168. The van der Waals surface area contributed by atoms with Gasteiger partial charge >= 0.3 is 0 Å². The van der Waals surface area contributed by atoms with Crippen molar-refractivity contribution >= 4 is 5.96 Å². The average Bonchev–Trinajstić information content (AvgIpc) is 2.53. The molecule has 5 nitrogen and oxygen atoms in total. The summed E-state index contributed by atoms with van der Waals surface area (Å²) < 4.78 is 5.99. The third kappa shape index (κ3) is 4.36. The predicted molar refractivity (Wildman–Crippen MR) is 109 cm³/mol. The first-order chi connectivity index (χ1) is 12.6. The zero-order valence-electron chi connectivity index (χ0n) is 17.4. The van der Waals surface area contributed by atoms with Crippen LogP contribution < -0.4 is 10.6 Å². The Bertz CT molecular complexity index is 467. The first-order valence-corrected chi connectivity index (χ1v) is 11.0. The number of ether oxygens (including phenoxy) is 1. The molecule has 1 aliphatic heterocycles. The molecule has 0 aromatic rings. The highest BCUT2D eigenvalue weighted by Crippen LogP contribution is 2.57. The summed E-state index contributed by atoms with van der Waals surface area (Å²) in [5, 5.41) is 7.51. The van der Waals surface area contributed by atoms with Crippen molar-refractivity contribution in [3.63, 3.8) is 0 Å². The van der Waals surface area contributed by atoms with Crippen LogP contribution in [0.1, 0.15) is 66.2 Å². The Morgan fingerprint density at radius 3 is 2.46 bits per heavy atom. The van der Waals surface area contributed by atoms with Crippen LogP contribution >= 0.6 is 0 Å². The Morgan fingerprint density at radius 1 is 1.19 bits per heavy atom. The van der Waals surface area contributed by atoms with Gasteiger partial charge in [0.1, 0.15) is 0 Å². The number of hydrogen-bond donors (Lipinski definition) is 2. The van der Waals surface area contributed by atoms with Crippen LogP contribution in [0.15, 0.2) is 4.99 Å². The second-order valence-electron chi connectivity index (χ2n) is 8.90. The van der Waals surface area contributed by atoms with Crippen LogP contribution in [0.3, 0.4) is 0 Å². The Morgan fingerprint density at radius 2 is 1.92 bits per heavy atom. The zero-order valence-corrected chi connectivity index (χ0v) is 17.4. The van der Waals surface area contributed by atoms with Gasteiger partial charge in [-0.15, -0.1) is 0 Å². The summed E-state index contributed by atoms with van der Waals surface area (Å²) in [5.74, 6) is 1.79. The molecule has 1 saturated heterocycles.